The summed E-state index contributed by atoms with van der Waals surface area (Å²) in [6.45, 7) is 3.60. The van der Waals surface area contributed by atoms with Crippen molar-refractivity contribution in [3.8, 4) is 0 Å². The Labute approximate surface area is 167 Å². The van der Waals surface area contributed by atoms with Gasteiger partial charge in [0.2, 0.25) is 0 Å². The molecule has 0 aliphatic heterocycles. The molecule has 0 radical (unpaired) electrons. The van der Waals surface area contributed by atoms with Crippen LogP contribution in [0.4, 0.5) is 21.6 Å². The maximum atomic E-state index is 13.8. The van der Waals surface area contributed by atoms with Gasteiger partial charge >= 0.3 is 5.97 Å². The smallest absolute Gasteiger partial charge is 0.340 e. The predicted octanol–water partition coefficient (Wildman–Crippen LogP) is 4.10. The Morgan fingerprint density at radius 2 is 1.72 bits per heavy atom. The van der Waals surface area contributed by atoms with Crippen molar-refractivity contribution >= 4 is 29.1 Å². The fraction of sp³-hybridized carbons (Fsp3) is 0.143. The minimum absolute atomic E-state index is 0.0518. The lowest BCUT2D eigenvalue weighted by Gasteiger charge is -2.12. The number of anilines is 3. The summed E-state index contributed by atoms with van der Waals surface area (Å²) in [6.07, 6.45) is 0. The number of para-hydroxylation sites is 2. The highest BCUT2D eigenvalue weighted by molar-refractivity contribution is 6.03. The van der Waals surface area contributed by atoms with E-state index in [2.05, 4.69) is 20.6 Å². The van der Waals surface area contributed by atoms with Gasteiger partial charge in [-0.2, -0.15) is 0 Å². The molecule has 148 valence electrons. The maximum absolute atomic E-state index is 13.8. The fourth-order valence-corrected chi connectivity index (χ4v) is 2.61. The third-order valence-electron chi connectivity index (χ3n) is 3.88. The minimum Gasteiger partial charge on any atom is -0.462 e. The molecule has 1 heterocycles. The van der Waals surface area contributed by atoms with Crippen LogP contribution in [0, 0.1) is 12.7 Å². The summed E-state index contributed by atoms with van der Waals surface area (Å²) in [7, 11) is 0. The van der Waals surface area contributed by atoms with Crippen LogP contribution in [0.25, 0.3) is 0 Å². The van der Waals surface area contributed by atoms with E-state index in [1.165, 1.54) is 24.3 Å². The Balaban J connectivity index is 1.86. The van der Waals surface area contributed by atoms with Crippen molar-refractivity contribution in [2.75, 3.05) is 17.2 Å². The number of benzene rings is 2. The number of carbonyl (C=O) groups is 2. The zero-order valence-electron chi connectivity index (χ0n) is 15.9. The van der Waals surface area contributed by atoms with Crippen molar-refractivity contribution in [2.45, 2.75) is 13.8 Å². The number of carbonyl (C=O) groups excluding carboxylic acids is 2. The Kier molecular flexibility index (Phi) is 6.13. The maximum Gasteiger partial charge on any atom is 0.340 e. The van der Waals surface area contributed by atoms with Gasteiger partial charge in [-0.3, -0.25) is 4.79 Å². The molecule has 0 bridgehead atoms. The van der Waals surface area contributed by atoms with Crippen LogP contribution < -0.4 is 10.6 Å². The van der Waals surface area contributed by atoms with E-state index in [0.29, 0.717) is 22.9 Å². The van der Waals surface area contributed by atoms with E-state index < -0.39 is 17.7 Å². The summed E-state index contributed by atoms with van der Waals surface area (Å²) in [5, 5.41) is 5.50. The first-order chi connectivity index (χ1) is 14.0. The van der Waals surface area contributed by atoms with E-state index in [-0.39, 0.29) is 18.0 Å². The molecule has 0 fully saturated rings. The number of aryl methyl sites for hydroxylation is 1. The molecule has 0 aliphatic carbocycles. The monoisotopic (exact) mass is 394 g/mol. The minimum atomic E-state index is -0.581. The van der Waals surface area contributed by atoms with Crippen molar-refractivity contribution in [1.82, 2.24) is 9.97 Å². The van der Waals surface area contributed by atoms with Gasteiger partial charge in [-0.05, 0) is 38.1 Å². The van der Waals surface area contributed by atoms with E-state index in [4.69, 9.17) is 4.74 Å². The number of amides is 1. The first-order valence-corrected chi connectivity index (χ1v) is 8.92. The third-order valence-corrected chi connectivity index (χ3v) is 3.88. The molecule has 0 aliphatic rings. The number of aromatic nitrogens is 2. The molecular weight excluding hydrogens is 375 g/mol. The van der Waals surface area contributed by atoms with E-state index in [0.717, 1.165) is 0 Å². The summed E-state index contributed by atoms with van der Waals surface area (Å²) in [5.74, 6) is -0.954. The largest absolute Gasteiger partial charge is 0.462 e. The molecule has 0 atom stereocenters. The summed E-state index contributed by atoms with van der Waals surface area (Å²) in [6, 6.07) is 14.1. The second-order valence-electron chi connectivity index (χ2n) is 6.01. The van der Waals surface area contributed by atoms with Crippen LogP contribution in [0.1, 0.15) is 33.6 Å². The molecule has 3 rings (SSSR count). The van der Waals surface area contributed by atoms with E-state index >= 15 is 0 Å². The van der Waals surface area contributed by atoms with Crippen molar-refractivity contribution in [3.05, 3.63) is 77.5 Å². The summed E-state index contributed by atoms with van der Waals surface area (Å²) in [5.41, 5.74) is 0.917. The van der Waals surface area contributed by atoms with Gasteiger partial charge < -0.3 is 15.4 Å². The number of hydrogen-bond acceptors (Lipinski definition) is 6. The van der Waals surface area contributed by atoms with Gasteiger partial charge in [0.05, 0.1) is 23.5 Å². The van der Waals surface area contributed by atoms with Gasteiger partial charge in [-0.25, -0.2) is 19.2 Å². The zero-order chi connectivity index (χ0) is 20.8. The molecule has 1 aromatic heterocycles. The number of halogens is 1. The number of esters is 1. The number of hydrogen-bond donors (Lipinski definition) is 2. The van der Waals surface area contributed by atoms with Gasteiger partial charge in [0.1, 0.15) is 23.2 Å². The van der Waals surface area contributed by atoms with Gasteiger partial charge in [0.15, 0.2) is 0 Å². The van der Waals surface area contributed by atoms with E-state index in [1.54, 1.807) is 44.2 Å². The molecular formula is C21H19FN4O3. The van der Waals surface area contributed by atoms with Crippen molar-refractivity contribution in [3.63, 3.8) is 0 Å². The van der Waals surface area contributed by atoms with Crippen LogP contribution in [0.2, 0.25) is 0 Å². The molecule has 29 heavy (non-hydrogen) atoms. The predicted molar refractivity (Wildman–Crippen MR) is 107 cm³/mol. The number of nitrogens with zero attached hydrogens (tertiary/aromatic N) is 2. The highest BCUT2D eigenvalue weighted by Gasteiger charge is 2.15. The van der Waals surface area contributed by atoms with Crippen LogP contribution in [0.15, 0.2) is 54.6 Å². The van der Waals surface area contributed by atoms with E-state index in [9.17, 15) is 14.0 Å². The summed E-state index contributed by atoms with van der Waals surface area (Å²) >= 11 is 0. The lowest BCUT2D eigenvalue weighted by molar-refractivity contribution is 0.0527. The average molecular weight is 394 g/mol. The average Bonchev–Trinajstić information content (AvgIpc) is 2.70. The van der Waals surface area contributed by atoms with Gasteiger partial charge in [0.25, 0.3) is 5.91 Å². The highest BCUT2D eigenvalue weighted by atomic mass is 19.1. The van der Waals surface area contributed by atoms with Gasteiger partial charge in [-0.15, -0.1) is 0 Å². The molecule has 0 saturated heterocycles. The Morgan fingerprint density at radius 1 is 1.03 bits per heavy atom. The second-order valence-corrected chi connectivity index (χ2v) is 6.01. The molecule has 2 N–H and O–H groups in total. The highest BCUT2D eigenvalue weighted by Crippen LogP contribution is 2.22. The quantitative estimate of drug-likeness (QED) is 0.612. The number of rotatable bonds is 6. The zero-order valence-corrected chi connectivity index (χ0v) is 15.9. The topological polar surface area (TPSA) is 93.2 Å². The first-order valence-electron chi connectivity index (χ1n) is 8.92. The summed E-state index contributed by atoms with van der Waals surface area (Å²) in [4.78, 5) is 33.0. The lowest BCUT2D eigenvalue weighted by atomic mass is 10.2. The van der Waals surface area contributed by atoms with Crippen molar-refractivity contribution in [2.24, 2.45) is 0 Å². The van der Waals surface area contributed by atoms with Crippen molar-refractivity contribution < 1.29 is 18.7 Å². The molecule has 0 unspecified atom stereocenters. The molecule has 7 nitrogen and oxygen atoms in total. The van der Waals surface area contributed by atoms with Gasteiger partial charge in [-0.1, -0.05) is 24.3 Å². The van der Waals surface area contributed by atoms with Crippen LogP contribution in [0.3, 0.4) is 0 Å². The lowest BCUT2D eigenvalue weighted by Crippen LogP contribution is -2.16. The second kappa shape index (κ2) is 8.92. The summed E-state index contributed by atoms with van der Waals surface area (Å²) < 4.78 is 18.8. The molecule has 1 amide bonds. The third kappa shape index (κ3) is 4.92. The Morgan fingerprint density at radius 3 is 2.45 bits per heavy atom. The first kappa shape index (κ1) is 19.9. The molecule has 0 saturated carbocycles. The van der Waals surface area contributed by atoms with Crippen LogP contribution in [-0.4, -0.2) is 28.5 Å². The number of nitrogens with one attached hydrogen (secondary N) is 2. The van der Waals surface area contributed by atoms with Crippen LogP contribution >= 0.6 is 0 Å². The Hall–Kier alpha value is -3.81. The number of ether oxygens (including phenoxy) is 1. The van der Waals surface area contributed by atoms with E-state index in [1.807, 2.05) is 0 Å². The van der Waals surface area contributed by atoms with Crippen LogP contribution in [0.5, 0.6) is 0 Å². The van der Waals surface area contributed by atoms with Crippen LogP contribution in [-0.2, 0) is 4.74 Å². The molecule has 8 heteroatoms. The molecule has 3 aromatic rings. The normalized spacial score (nSPS) is 10.3. The van der Waals surface area contributed by atoms with Gasteiger partial charge in [0, 0.05) is 6.07 Å². The fourth-order valence-electron chi connectivity index (χ4n) is 2.61. The SMILES string of the molecule is CCOC(=O)c1ccccc1Nc1cc(C(=O)Nc2ccccc2F)nc(C)n1. The standard InChI is InChI=1S/C21H19FN4O3/c1-3-29-21(28)14-8-4-6-10-16(14)25-19-12-18(23-13(2)24-19)20(27)26-17-11-7-5-9-15(17)22/h4-12H,3H2,1-2H3,(H,26,27)(H,23,24,25). The Bertz CT molecular complexity index is 1060. The molecule has 2 aromatic carbocycles. The van der Waals surface area contributed by atoms with Crippen molar-refractivity contribution in [1.29, 1.82) is 0 Å². The molecule has 0 spiro atoms.